The van der Waals surface area contributed by atoms with Gasteiger partial charge in [-0.25, -0.2) is 4.68 Å². The summed E-state index contributed by atoms with van der Waals surface area (Å²) in [6, 6.07) is 9.66. The summed E-state index contributed by atoms with van der Waals surface area (Å²) in [5.41, 5.74) is 1.63. The molecular formula is C14H18N6. The minimum Gasteiger partial charge on any atom is -0.367 e. The third-order valence-corrected chi connectivity index (χ3v) is 3.12. The predicted molar refractivity (Wildman–Crippen MR) is 76.0 cm³/mol. The molecule has 1 aromatic heterocycles. The average molecular weight is 270 g/mol. The van der Waals surface area contributed by atoms with Crippen LogP contribution < -0.4 is 4.90 Å². The molecule has 0 fully saturated rings. The number of hydrogen-bond donors (Lipinski definition) is 0. The van der Waals surface area contributed by atoms with Crippen LogP contribution in [0.1, 0.15) is 31.2 Å². The Bertz CT molecular complexity index is 598. The summed E-state index contributed by atoms with van der Waals surface area (Å²) < 4.78 is 1.84. The van der Waals surface area contributed by atoms with Crippen molar-refractivity contribution < 1.29 is 0 Å². The van der Waals surface area contributed by atoms with E-state index in [1.54, 1.807) is 6.07 Å². The maximum Gasteiger partial charge on any atom is 0.170 e. The van der Waals surface area contributed by atoms with Crippen molar-refractivity contribution in [3.63, 3.8) is 0 Å². The van der Waals surface area contributed by atoms with Gasteiger partial charge in [0.1, 0.15) is 0 Å². The summed E-state index contributed by atoms with van der Waals surface area (Å²) in [7, 11) is 1.97. The van der Waals surface area contributed by atoms with Crippen molar-refractivity contribution in [3.05, 3.63) is 35.7 Å². The van der Waals surface area contributed by atoms with Gasteiger partial charge in [0.2, 0.25) is 0 Å². The molecule has 0 radical (unpaired) electrons. The SMILES string of the molecule is CCCCn1nnnc1CN(C)c1cccc(C#N)c1. The number of rotatable bonds is 6. The van der Waals surface area contributed by atoms with Crippen molar-refractivity contribution in [2.45, 2.75) is 32.9 Å². The van der Waals surface area contributed by atoms with E-state index in [1.165, 1.54) is 0 Å². The molecule has 0 aliphatic heterocycles. The number of aryl methyl sites for hydroxylation is 1. The molecule has 0 amide bonds. The molecule has 0 atom stereocenters. The molecule has 2 rings (SSSR count). The smallest absolute Gasteiger partial charge is 0.170 e. The zero-order valence-corrected chi connectivity index (χ0v) is 11.8. The monoisotopic (exact) mass is 270 g/mol. The first-order valence-corrected chi connectivity index (χ1v) is 6.71. The lowest BCUT2D eigenvalue weighted by atomic mass is 10.2. The summed E-state index contributed by atoms with van der Waals surface area (Å²) in [6.45, 7) is 3.60. The summed E-state index contributed by atoms with van der Waals surface area (Å²) in [6.07, 6.45) is 2.17. The molecular weight excluding hydrogens is 252 g/mol. The largest absolute Gasteiger partial charge is 0.367 e. The molecule has 6 heteroatoms. The lowest BCUT2D eigenvalue weighted by molar-refractivity contribution is 0.531. The van der Waals surface area contributed by atoms with Crippen LogP contribution in [0.3, 0.4) is 0 Å². The Hall–Kier alpha value is -2.42. The maximum absolute atomic E-state index is 8.94. The Labute approximate surface area is 118 Å². The fourth-order valence-electron chi connectivity index (χ4n) is 1.93. The third kappa shape index (κ3) is 3.32. The summed E-state index contributed by atoms with van der Waals surface area (Å²) >= 11 is 0. The highest BCUT2D eigenvalue weighted by Gasteiger charge is 2.10. The normalized spacial score (nSPS) is 10.2. The fourth-order valence-corrected chi connectivity index (χ4v) is 1.93. The first kappa shape index (κ1) is 14.0. The van der Waals surface area contributed by atoms with E-state index in [0.717, 1.165) is 30.9 Å². The highest BCUT2D eigenvalue weighted by molar-refractivity contribution is 5.50. The number of benzene rings is 1. The molecule has 1 heterocycles. The number of tetrazole rings is 1. The molecule has 6 nitrogen and oxygen atoms in total. The van der Waals surface area contributed by atoms with Crippen LogP contribution in [0.5, 0.6) is 0 Å². The Morgan fingerprint density at radius 2 is 2.25 bits per heavy atom. The highest BCUT2D eigenvalue weighted by atomic mass is 15.5. The van der Waals surface area contributed by atoms with Gasteiger partial charge in [-0.1, -0.05) is 19.4 Å². The van der Waals surface area contributed by atoms with Gasteiger partial charge in [0.25, 0.3) is 0 Å². The average Bonchev–Trinajstić information content (AvgIpc) is 2.92. The molecule has 0 N–H and O–H groups in total. The van der Waals surface area contributed by atoms with E-state index < -0.39 is 0 Å². The standard InChI is InChI=1S/C14H18N6/c1-3-4-8-20-14(16-17-18-20)11-19(2)13-7-5-6-12(9-13)10-15/h5-7,9H,3-4,8,11H2,1-2H3. The Kier molecular flexibility index (Phi) is 4.66. The van der Waals surface area contributed by atoms with Crippen LogP contribution in [0.15, 0.2) is 24.3 Å². The van der Waals surface area contributed by atoms with Gasteiger partial charge in [-0.05, 0) is 35.0 Å². The summed E-state index contributed by atoms with van der Waals surface area (Å²) in [4.78, 5) is 2.04. The van der Waals surface area contributed by atoms with Crippen LogP contribution >= 0.6 is 0 Å². The zero-order chi connectivity index (χ0) is 14.4. The van der Waals surface area contributed by atoms with Crippen molar-refractivity contribution in [2.24, 2.45) is 0 Å². The first-order valence-electron chi connectivity index (χ1n) is 6.71. The predicted octanol–water partition coefficient (Wildman–Crippen LogP) is 1.98. The second kappa shape index (κ2) is 6.66. The van der Waals surface area contributed by atoms with Crippen LogP contribution in [-0.2, 0) is 13.1 Å². The molecule has 1 aromatic carbocycles. The first-order chi connectivity index (χ1) is 9.74. The number of anilines is 1. The van der Waals surface area contributed by atoms with Crippen molar-refractivity contribution in [2.75, 3.05) is 11.9 Å². The number of aromatic nitrogens is 4. The van der Waals surface area contributed by atoms with E-state index >= 15 is 0 Å². The zero-order valence-electron chi connectivity index (χ0n) is 11.8. The lowest BCUT2D eigenvalue weighted by Gasteiger charge is -2.18. The van der Waals surface area contributed by atoms with Gasteiger partial charge in [-0.2, -0.15) is 5.26 Å². The van der Waals surface area contributed by atoms with Crippen LogP contribution in [0.2, 0.25) is 0 Å². The second-order valence-electron chi connectivity index (χ2n) is 4.69. The van der Waals surface area contributed by atoms with Gasteiger partial charge in [0.05, 0.1) is 18.2 Å². The van der Waals surface area contributed by atoms with Crippen LogP contribution in [-0.4, -0.2) is 27.3 Å². The van der Waals surface area contributed by atoms with Gasteiger partial charge < -0.3 is 4.90 Å². The van der Waals surface area contributed by atoms with Gasteiger partial charge in [-0.3, -0.25) is 0 Å². The molecule has 0 unspecified atom stereocenters. The van der Waals surface area contributed by atoms with Crippen LogP contribution in [0, 0.1) is 11.3 Å². The van der Waals surface area contributed by atoms with Crippen LogP contribution in [0.4, 0.5) is 5.69 Å². The molecule has 0 aliphatic rings. The minimum atomic E-state index is 0.617. The molecule has 20 heavy (non-hydrogen) atoms. The minimum absolute atomic E-state index is 0.617. The van der Waals surface area contributed by atoms with Crippen molar-refractivity contribution in [1.29, 1.82) is 5.26 Å². The molecule has 0 saturated carbocycles. The van der Waals surface area contributed by atoms with Gasteiger partial charge in [0.15, 0.2) is 5.82 Å². The van der Waals surface area contributed by atoms with Crippen molar-refractivity contribution in [3.8, 4) is 6.07 Å². The van der Waals surface area contributed by atoms with E-state index in [9.17, 15) is 0 Å². The summed E-state index contributed by atoms with van der Waals surface area (Å²) in [5, 5.41) is 20.8. The summed E-state index contributed by atoms with van der Waals surface area (Å²) in [5.74, 6) is 0.836. The molecule has 0 bridgehead atoms. The van der Waals surface area contributed by atoms with E-state index in [4.69, 9.17) is 5.26 Å². The Morgan fingerprint density at radius 1 is 1.40 bits per heavy atom. The second-order valence-corrected chi connectivity index (χ2v) is 4.69. The molecule has 104 valence electrons. The highest BCUT2D eigenvalue weighted by Crippen LogP contribution is 2.16. The van der Waals surface area contributed by atoms with E-state index in [1.807, 2.05) is 34.8 Å². The number of unbranched alkanes of at least 4 members (excludes halogenated alkanes) is 1. The quantitative estimate of drug-likeness (QED) is 0.802. The molecule has 0 aliphatic carbocycles. The Balaban J connectivity index is 2.09. The number of hydrogen-bond acceptors (Lipinski definition) is 5. The van der Waals surface area contributed by atoms with Gasteiger partial charge >= 0.3 is 0 Å². The van der Waals surface area contributed by atoms with Gasteiger partial charge in [-0.15, -0.1) is 5.10 Å². The maximum atomic E-state index is 8.94. The number of nitriles is 1. The van der Waals surface area contributed by atoms with Crippen molar-refractivity contribution in [1.82, 2.24) is 20.2 Å². The lowest BCUT2D eigenvalue weighted by Crippen LogP contribution is -2.20. The van der Waals surface area contributed by atoms with E-state index in [0.29, 0.717) is 12.1 Å². The van der Waals surface area contributed by atoms with E-state index in [2.05, 4.69) is 28.5 Å². The van der Waals surface area contributed by atoms with Crippen molar-refractivity contribution >= 4 is 5.69 Å². The fraction of sp³-hybridized carbons (Fsp3) is 0.429. The third-order valence-electron chi connectivity index (χ3n) is 3.12. The van der Waals surface area contributed by atoms with Gasteiger partial charge in [0, 0.05) is 19.3 Å². The Morgan fingerprint density at radius 3 is 3.00 bits per heavy atom. The van der Waals surface area contributed by atoms with E-state index in [-0.39, 0.29) is 0 Å². The molecule has 0 spiro atoms. The number of nitrogens with zero attached hydrogens (tertiary/aromatic N) is 6. The van der Waals surface area contributed by atoms with Crippen LogP contribution in [0.25, 0.3) is 0 Å². The topological polar surface area (TPSA) is 70.6 Å². The molecule has 0 saturated heterocycles. The molecule has 2 aromatic rings.